The molecule has 3 aromatic carbocycles. The summed E-state index contributed by atoms with van der Waals surface area (Å²) in [4.78, 5) is 5.49. The predicted octanol–water partition coefficient (Wildman–Crippen LogP) is 5.99. The summed E-state index contributed by atoms with van der Waals surface area (Å²) < 4.78 is 0. The molecule has 0 nitrogen and oxygen atoms in total. The molecule has 2 heteroatoms. The fraction of sp³-hybridized carbons (Fsp3) is 0. The van der Waals surface area contributed by atoms with Gasteiger partial charge in [-0.25, -0.2) is 0 Å². The molecule has 0 saturated carbocycles. The van der Waals surface area contributed by atoms with Crippen LogP contribution >= 0.6 is 23.5 Å². The maximum atomic E-state index is 2.18. The summed E-state index contributed by atoms with van der Waals surface area (Å²) >= 11 is 3.72. The van der Waals surface area contributed by atoms with Crippen LogP contribution in [0.25, 0.3) is 0 Å². The Hall–Kier alpha value is -1.64. The first-order valence-corrected chi connectivity index (χ1v) is 8.10. The van der Waals surface area contributed by atoms with Gasteiger partial charge in [0.05, 0.1) is 0 Å². The van der Waals surface area contributed by atoms with Gasteiger partial charge in [-0.2, -0.15) is 0 Å². The maximum absolute atomic E-state index is 2.18. The first-order chi connectivity index (χ1) is 9.93. The minimum absolute atomic E-state index is 1.37. The maximum Gasteiger partial charge on any atom is 0.0262 e. The summed E-state index contributed by atoms with van der Waals surface area (Å²) in [6.07, 6.45) is 0. The van der Waals surface area contributed by atoms with Gasteiger partial charge < -0.3 is 0 Å². The van der Waals surface area contributed by atoms with E-state index >= 15 is 0 Å². The fourth-order valence-corrected chi connectivity index (χ4v) is 4.09. The van der Waals surface area contributed by atoms with E-state index < -0.39 is 0 Å². The van der Waals surface area contributed by atoms with Crippen molar-refractivity contribution < 1.29 is 0 Å². The van der Waals surface area contributed by atoms with Crippen molar-refractivity contribution >= 4 is 23.5 Å². The third-order valence-corrected chi connectivity index (χ3v) is 5.37. The highest BCUT2D eigenvalue weighted by Crippen LogP contribution is 2.47. The SMILES string of the molecule is c1ccc2c(c1)Sc1ccccc1S2.c1ccccc1. The molecule has 1 aliphatic rings. The third-order valence-electron chi connectivity index (χ3n) is 2.80. The molecule has 0 amide bonds. The first-order valence-electron chi connectivity index (χ1n) is 6.47. The van der Waals surface area contributed by atoms with Gasteiger partial charge in [-0.1, -0.05) is 84.2 Å². The molecule has 0 saturated heterocycles. The largest absolute Gasteiger partial charge is 0.0877 e. The van der Waals surface area contributed by atoms with Crippen LogP contribution < -0.4 is 0 Å². The lowest BCUT2D eigenvalue weighted by Gasteiger charge is -2.17. The summed E-state index contributed by atoms with van der Waals surface area (Å²) in [5, 5.41) is 0. The average Bonchev–Trinajstić information content (AvgIpc) is 2.55. The van der Waals surface area contributed by atoms with E-state index in [0.717, 1.165) is 0 Å². The van der Waals surface area contributed by atoms with Gasteiger partial charge in [-0.15, -0.1) is 0 Å². The van der Waals surface area contributed by atoms with Gasteiger partial charge in [0.15, 0.2) is 0 Å². The van der Waals surface area contributed by atoms with Gasteiger partial charge in [0.25, 0.3) is 0 Å². The number of rotatable bonds is 0. The van der Waals surface area contributed by atoms with E-state index in [-0.39, 0.29) is 0 Å². The van der Waals surface area contributed by atoms with E-state index in [0.29, 0.717) is 0 Å². The minimum atomic E-state index is 1.37. The monoisotopic (exact) mass is 294 g/mol. The molecular weight excluding hydrogens is 280 g/mol. The quantitative estimate of drug-likeness (QED) is 0.391. The van der Waals surface area contributed by atoms with Crippen LogP contribution in [0, 0.1) is 0 Å². The van der Waals surface area contributed by atoms with E-state index in [1.54, 1.807) is 0 Å². The number of fused-ring (bicyclic) bond motifs is 2. The summed E-state index contributed by atoms with van der Waals surface area (Å²) in [6.45, 7) is 0. The Balaban J connectivity index is 0.000000170. The van der Waals surface area contributed by atoms with E-state index in [4.69, 9.17) is 0 Å². The highest BCUT2D eigenvalue weighted by molar-refractivity contribution is 8.05. The third kappa shape index (κ3) is 3.27. The first kappa shape index (κ1) is 13.3. The Kier molecular flexibility index (Phi) is 4.46. The lowest BCUT2D eigenvalue weighted by molar-refractivity contribution is 1.16. The molecule has 1 heterocycles. The van der Waals surface area contributed by atoms with Gasteiger partial charge in [-0.3, -0.25) is 0 Å². The minimum Gasteiger partial charge on any atom is -0.0877 e. The Morgan fingerprint density at radius 1 is 0.350 bits per heavy atom. The summed E-state index contributed by atoms with van der Waals surface area (Å²) in [6, 6.07) is 29.1. The van der Waals surface area contributed by atoms with Crippen LogP contribution in [0.5, 0.6) is 0 Å². The zero-order chi connectivity index (χ0) is 13.6. The van der Waals surface area contributed by atoms with Crippen LogP contribution in [-0.4, -0.2) is 0 Å². The lowest BCUT2D eigenvalue weighted by atomic mass is 10.3. The second-order valence-corrected chi connectivity index (χ2v) is 6.42. The Morgan fingerprint density at radius 2 is 0.600 bits per heavy atom. The summed E-state index contributed by atoms with van der Waals surface area (Å²) in [5.74, 6) is 0. The van der Waals surface area contributed by atoms with Crippen LogP contribution in [0.2, 0.25) is 0 Å². The number of benzene rings is 3. The van der Waals surface area contributed by atoms with Crippen molar-refractivity contribution in [3.05, 3.63) is 84.9 Å². The van der Waals surface area contributed by atoms with Crippen molar-refractivity contribution in [1.82, 2.24) is 0 Å². The smallest absolute Gasteiger partial charge is 0.0262 e. The second-order valence-electron chi connectivity index (χ2n) is 4.25. The molecule has 0 radical (unpaired) electrons. The zero-order valence-corrected chi connectivity index (χ0v) is 12.5. The lowest BCUT2D eigenvalue weighted by Crippen LogP contribution is -1.87. The van der Waals surface area contributed by atoms with E-state index in [9.17, 15) is 0 Å². The molecule has 4 rings (SSSR count). The summed E-state index contributed by atoms with van der Waals surface area (Å²) in [7, 11) is 0. The molecule has 0 fully saturated rings. The predicted molar refractivity (Wildman–Crippen MR) is 87.6 cm³/mol. The van der Waals surface area contributed by atoms with E-state index in [2.05, 4.69) is 48.5 Å². The zero-order valence-electron chi connectivity index (χ0n) is 10.9. The second kappa shape index (κ2) is 6.69. The molecule has 0 atom stereocenters. The molecule has 0 unspecified atom stereocenters. The number of hydrogen-bond acceptors (Lipinski definition) is 2. The molecule has 1 aliphatic heterocycles. The topological polar surface area (TPSA) is 0 Å². The molecular formula is C18H14S2. The highest BCUT2D eigenvalue weighted by atomic mass is 32.2. The van der Waals surface area contributed by atoms with Gasteiger partial charge in [0, 0.05) is 19.6 Å². The molecule has 0 aliphatic carbocycles. The van der Waals surface area contributed by atoms with Gasteiger partial charge in [-0.05, 0) is 24.3 Å². The van der Waals surface area contributed by atoms with Gasteiger partial charge >= 0.3 is 0 Å². The molecule has 0 bridgehead atoms. The Labute approximate surface area is 128 Å². The molecule has 0 aromatic heterocycles. The Morgan fingerprint density at radius 3 is 0.850 bits per heavy atom. The van der Waals surface area contributed by atoms with Crippen LogP contribution in [0.15, 0.2) is 105 Å². The van der Waals surface area contributed by atoms with Crippen LogP contribution in [0.1, 0.15) is 0 Å². The highest BCUT2D eigenvalue weighted by Gasteiger charge is 2.14. The van der Waals surface area contributed by atoms with E-state index in [1.165, 1.54) is 19.6 Å². The molecule has 0 spiro atoms. The van der Waals surface area contributed by atoms with Crippen molar-refractivity contribution in [3.8, 4) is 0 Å². The van der Waals surface area contributed by atoms with Crippen molar-refractivity contribution in [2.45, 2.75) is 19.6 Å². The Bertz CT molecular complexity index is 564. The van der Waals surface area contributed by atoms with E-state index in [1.807, 2.05) is 59.9 Å². The standard InChI is InChI=1S/C12H8S2.C6H6/c1-2-6-10-9(5-1)13-11-7-3-4-8-12(11)14-10;1-2-4-6-5-3-1/h1-8H;1-6H. The van der Waals surface area contributed by atoms with Crippen molar-refractivity contribution in [2.75, 3.05) is 0 Å². The molecule has 0 N–H and O–H groups in total. The number of hydrogen-bond donors (Lipinski definition) is 0. The fourth-order valence-electron chi connectivity index (χ4n) is 1.86. The van der Waals surface area contributed by atoms with Crippen LogP contribution in [0.4, 0.5) is 0 Å². The molecule has 20 heavy (non-hydrogen) atoms. The normalized spacial score (nSPS) is 11.6. The van der Waals surface area contributed by atoms with Crippen LogP contribution in [-0.2, 0) is 0 Å². The van der Waals surface area contributed by atoms with Crippen molar-refractivity contribution in [3.63, 3.8) is 0 Å². The van der Waals surface area contributed by atoms with Gasteiger partial charge in [0.1, 0.15) is 0 Å². The van der Waals surface area contributed by atoms with Crippen molar-refractivity contribution in [1.29, 1.82) is 0 Å². The summed E-state index contributed by atoms with van der Waals surface area (Å²) in [5.41, 5.74) is 0. The van der Waals surface area contributed by atoms with Crippen molar-refractivity contribution in [2.24, 2.45) is 0 Å². The van der Waals surface area contributed by atoms with Crippen LogP contribution in [0.3, 0.4) is 0 Å². The average molecular weight is 294 g/mol. The molecule has 3 aromatic rings. The molecule has 98 valence electrons. The van der Waals surface area contributed by atoms with Gasteiger partial charge in [0.2, 0.25) is 0 Å².